The van der Waals surface area contributed by atoms with E-state index >= 15 is 0 Å². The van der Waals surface area contributed by atoms with E-state index in [9.17, 15) is 0 Å². The Morgan fingerprint density at radius 3 is 0.742 bits per heavy atom. The molecular formula is C26H44ClFeNiP2+3. The quantitative estimate of drug-likeness (QED) is 0.290. The Bertz CT molecular complexity index is 388. The van der Waals surface area contributed by atoms with Gasteiger partial charge in [-0.3, -0.25) is 0 Å². The van der Waals surface area contributed by atoms with Crippen molar-refractivity contribution in [3.8, 4) is 0 Å². The molecule has 2 fully saturated rings. The SMILES string of the molecule is CC(C)(C)P([C]1[CH][CH][CH][CH]1)C(C)(C)C.CC(C)(C)P([C]1[CH][CH][CH][CH]1)C(C)(C)C.[Cl-].[Fe+2].[Ni+2]. The zero-order chi connectivity index (χ0) is 22.0. The van der Waals surface area contributed by atoms with Gasteiger partial charge in [0.15, 0.2) is 0 Å². The topological polar surface area (TPSA) is 0 Å². The first kappa shape index (κ1) is 37.7. The Hall–Kier alpha value is 2.16. The normalized spacial score (nSPS) is 18.8. The van der Waals surface area contributed by atoms with Crippen LogP contribution in [-0.2, 0) is 33.6 Å². The van der Waals surface area contributed by atoms with Crippen molar-refractivity contribution in [3.05, 3.63) is 62.7 Å². The van der Waals surface area contributed by atoms with Crippen LogP contribution in [0.5, 0.6) is 0 Å². The number of hydrogen-bond acceptors (Lipinski definition) is 0. The third-order valence-electron chi connectivity index (χ3n) is 4.49. The van der Waals surface area contributed by atoms with Crippen molar-refractivity contribution in [1.29, 1.82) is 0 Å². The van der Waals surface area contributed by atoms with Crippen LogP contribution in [0.4, 0.5) is 0 Å². The number of halogens is 1. The minimum absolute atomic E-state index is 0. The largest absolute Gasteiger partial charge is 2.00 e. The summed E-state index contributed by atoms with van der Waals surface area (Å²) in [6, 6.07) is 0. The van der Waals surface area contributed by atoms with Gasteiger partial charge < -0.3 is 12.4 Å². The molecule has 0 saturated heterocycles. The Labute approximate surface area is 227 Å². The summed E-state index contributed by atoms with van der Waals surface area (Å²) in [5, 5.41) is 1.56. The molecule has 10 radical (unpaired) electrons. The molecule has 0 bridgehead atoms. The number of hydrogen-bond donors (Lipinski definition) is 0. The Morgan fingerprint density at radius 1 is 0.452 bits per heavy atom. The molecule has 2 aliphatic rings. The summed E-state index contributed by atoms with van der Waals surface area (Å²) in [7, 11) is -0.202. The second-order valence-corrected chi connectivity index (χ2v) is 19.4. The minimum Gasteiger partial charge on any atom is -1.00 e. The van der Waals surface area contributed by atoms with E-state index in [0.717, 1.165) is 0 Å². The van der Waals surface area contributed by atoms with Crippen LogP contribution in [0.25, 0.3) is 0 Å². The van der Waals surface area contributed by atoms with Gasteiger partial charge in [0.2, 0.25) is 0 Å². The van der Waals surface area contributed by atoms with Crippen molar-refractivity contribution < 1.29 is 46.0 Å². The average Bonchev–Trinajstić information content (AvgIpc) is 3.06. The summed E-state index contributed by atoms with van der Waals surface area (Å²) in [6.45, 7) is 28.3. The standard InChI is InChI=1S/2C13H22P.ClH.Fe.Ni/c2*1-12(2,3)14(13(4,5)6)11-9-7-8-10-11;;;/h2*7-10H,1-6H3;1H;;/q;;;2*+2/p-1. The molecule has 2 saturated carbocycles. The fourth-order valence-electron chi connectivity index (χ4n) is 4.59. The van der Waals surface area contributed by atoms with Crippen LogP contribution in [0.3, 0.4) is 0 Å². The molecule has 31 heavy (non-hydrogen) atoms. The maximum Gasteiger partial charge on any atom is 2.00 e. The minimum atomic E-state index is -0.101. The first-order valence-electron chi connectivity index (χ1n) is 10.5. The second kappa shape index (κ2) is 14.7. The van der Waals surface area contributed by atoms with Crippen LogP contribution in [0.2, 0.25) is 0 Å². The van der Waals surface area contributed by atoms with E-state index in [1.54, 1.807) is 11.3 Å². The van der Waals surface area contributed by atoms with Crippen molar-refractivity contribution in [2.24, 2.45) is 0 Å². The molecule has 0 aromatic rings. The molecular weight excluding hydrogens is 524 g/mol. The molecule has 180 valence electrons. The first-order valence-corrected chi connectivity index (χ1v) is 13.2. The fraction of sp³-hybridized carbons (Fsp3) is 0.615. The van der Waals surface area contributed by atoms with E-state index in [1.165, 1.54) is 0 Å². The van der Waals surface area contributed by atoms with Gasteiger partial charge in [0.1, 0.15) is 0 Å². The number of rotatable bonds is 2. The van der Waals surface area contributed by atoms with Crippen molar-refractivity contribution in [2.45, 2.75) is 104 Å². The molecule has 0 heterocycles. The summed E-state index contributed by atoms with van der Waals surface area (Å²) in [5.41, 5.74) is 3.08. The van der Waals surface area contributed by atoms with E-state index in [2.05, 4.69) is 134 Å². The van der Waals surface area contributed by atoms with E-state index in [0.29, 0.717) is 20.6 Å². The van der Waals surface area contributed by atoms with Gasteiger partial charge in [-0.05, 0) is 72.0 Å². The summed E-state index contributed by atoms with van der Waals surface area (Å²) in [6.07, 6.45) is 17.7. The summed E-state index contributed by atoms with van der Waals surface area (Å²) in [5.74, 6) is 0. The van der Waals surface area contributed by atoms with Gasteiger partial charge >= 0.3 is 33.6 Å². The fourth-order valence-corrected chi connectivity index (χ4v) is 12.7. The van der Waals surface area contributed by atoms with E-state index in [1.807, 2.05) is 0 Å². The maximum absolute atomic E-state index is 2.36. The van der Waals surface area contributed by atoms with Crippen LogP contribution in [0, 0.1) is 62.7 Å². The van der Waals surface area contributed by atoms with Crippen LogP contribution in [-0.4, -0.2) is 20.6 Å². The molecule has 0 atom stereocenters. The van der Waals surface area contributed by atoms with E-state index < -0.39 is 0 Å². The van der Waals surface area contributed by atoms with Crippen molar-refractivity contribution in [3.63, 3.8) is 0 Å². The van der Waals surface area contributed by atoms with Crippen LogP contribution >= 0.6 is 15.8 Å². The van der Waals surface area contributed by atoms with Gasteiger partial charge in [-0.25, -0.2) is 0 Å². The Morgan fingerprint density at radius 2 is 0.613 bits per heavy atom. The molecule has 0 spiro atoms. The molecule has 2 rings (SSSR count). The van der Waals surface area contributed by atoms with Crippen molar-refractivity contribution in [2.75, 3.05) is 0 Å². The molecule has 0 aromatic heterocycles. The molecule has 0 aromatic carbocycles. The van der Waals surface area contributed by atoms with Gasteiger partial charge in [-0.15, -0.1) is 0 Å². The molecule has 0 amide bonds. The maximum atomic E-state index is 2.36. The van der Waals surface area contributed by atoms with Crippen LogP contribution in [0.1, 0.15) is 83.1 Å². The smallest absolute Gasteiger partial charge is 1.00 e. The summed E-state index contributed by atoms with van der Waals surface area (Å²) in [4.78, 5) is 0. The van der Waals surface area contributed by atoms with E-state index in [-0.39, 0.29) is 61.8 Å². The Balaban J connectivity index is -0.000000461. The zero-order valence-corrected chi connectivity index (χ0v) is 26.2. The van der Waals surface area contributed by atoms with Crippen molar-refractivity contribution in [1.82, 2.24) is 0 Å². The molecule has 0 unspecified atom stereocenters. The molecule has 2 aliphatic carbocycles. The van der Waals surface area contributed by atoms with Gasteiger partial charge in [0.05, 0.1) is 0 Å². The third-order valence-corrected chi connectivity index (χ3v) is 11.5. The first-order chi connectivity index (χ1) is 12.5. The van der Waals surface area contributed by atoms with Gasteiger partial charge in [-0.1, -0.05) is 98.9 Å². The average molecular weight is 569 g/mol. The van der Waals surface area contributed by atoms with Gasteiger partial charge in [0.25, 0.3) is 0 Å². The summed E-state index contributed by atoms with van der Waals surface area (Å²) >= 11 is 0. The monoisotopic (exact) mass is 567 g/mol. The van der Waals surface area contributed by atoms with Gasteiger partial charge in [0, 0.05) is 11.3 Å². The van der Waals surface area contributed by atoms with Crippen molar-refractivity contribution >= 4 is 15.8 Å². The van der Waals surface area contributed by atoms with Gasteiger partial charge in [-0.2, -0.15) is 0 Å². The molecule has 0 aliphatic heterocycles. The molecule has 0 N–H and O–H groups in total. The Kier molecular flexibility index (Phi) is 17.8. The summed E-state index contributed by atoms with van der Waals surface area (Å²) < 4.78 is 0. The zero-order valence-electron chi connectivity index (χ0n) is 21.6. The predicted molar refractivity (Wildman–Crippen MR) is 134 cm³/mol. The predicted octanol–water partition coefficient (Wildman–Crippen LogP) is 5.86. The molecule has 0 nitrogen and oxygen atoms in total. The third kappa shape index (κ3) is 12.6. The molecule has 5 heteroatoms. The van der Waals surface area contributed by atoms with Crippen LogP contribution < -0.4 is 12.4 Å². The second-order valence-electron chi connectivity index (χ2n) is 11.6. The van der Waals surface area contributed by atoms with E-state index in [4.69, 9.17) is 0 Å². The van der Waals surface area contributed by atoms with Crippen LogP contribution in [0.15, 0.2) is 0 Å².